The molecule has 122 valence electrons. The third-order valence-electron chi connectivity index (χ3n) is 3.70. The number of hydrogen-bond acceptors (Lipinski definition) is 3. The summed E-state index contributed by atoms with van der Waals surface area (Å²) in [6.45, 7) is 3.06. The molecule has 1 unspecified atom stereocenters. The molecule has 1 atom stereocenters. The van der Waals surface area contributed by atoms with E-state index >= 15 is 0 Å². The Hall–Kier alpha value is -2.14. The Morgan fingerprint density at radius 3 is 2.61 bits per heavy atom. The van der Waals surface area contributed by atoms with Crippen LogP contribution in [0, 0.1) is 5.92 Å². The number of anilines is 1. The van der Waals surface area contributed by atoms with E-state index in [1.807, 2.05) is 12.1 Å². The molecule has 5 heteroatoms. The number of ether oxygens (including phenoxy) is 1. The van der Waals surface area contributed by atoms with Gasteiger partial charge >= 0.3 is 0 Å². The standard InChI is InChI=1S/C18H23N3OS/c1-3-14(11-15-7-5-4-6-8-15)12-20-18(23)21-16-9-10-17(22-2)19-13-16/h4-10,13-14H,3,11-12H2,1-2H3,(H2,20,21,23). The Labute approximate surface area is 143 Å². The number of thiocarbonyl (C=S) groups is 1. The summed E-state index contributed by atoms with van der Waals surface area (Å²) in [6.07, 6.45) is 3.86. The minimum atomic E-state index is 0.547. The molecule has 0 bridgehead atoms. The SMILES string of the molecule is CCC(CNC(=S)Nc1ccc(OC)nc1)Cc1ccccc1. The van der Waals surface area contributed by atoms with E-state index < -0.39 is 0 Å². The number of pyridine rings is 1. The molecular weight excluding hydrogens is 306 g/mol. The Kier molecular flexibility index (Phi) is 6.81. The number of hydrogen-bond donors (Lipinski definition) is 2. The molecule has 0 saturated heterocycles. The number of nitrogens with zero attached hydrogens (tertiary/aromatic N) is 1. The van der Waals surface area contributed by atoms with Crippen molar-refractivity contribution in [2.75, 3.05) is 19.0 Å². The lowest BCUT2D eigenvalue weighted by atomic mass is 9.97. The number of aromatic nitrogens is 1. The van der Waals surface area contributed by atoms with Crippen molar-refractivity contribution >= 4 is 23.0 Å². The van der Waals surface area contributed by atoms with Crippen LogP contribution < -0.4 is 15.4 Å². The molecule has 0 fully saturated rings. The summed E-state index contributed by atoms with van der Waals surface area (Å²) in [5.41, 5.74) is 2.21. The van der Waals surface area contributed by atoms with Crippen LogP contribution in [0.25, 0.3) is 0 Å². The minimum Gasteiger partial charge on any atom is -0.481 e. The fourth-order valence-corrected chi connectivity index (χ4v) is 2.50. The first-order chi connectivity index (χ1) is 11.2. The average molecular weight is 329 g/mol. The molecule has 1 aromatic carbocycles. The summed E-state index contributed by atoms with van der Waals surface area (Å²) in [6, 6.07) is 14.2. The fourth-order valence-electron chi connectivity index (χ4n) is 2.30. The maximum atomic E-state index is 5.35. The molecule has 0 spiro atoms. The van der Waals surface area contributed by atoms with E-state index in [4.69, 9.17) is 17.0 Å². The predicted octanol–water partition coefficient (Wildman–Crippen LogP) is 3.65. The maximum absolute atomic E-state index is 5.35. The van der Waals surface area contributed by atoms with Crippen LogP contribution in [0.15, 0.2) is 48.7 Å². The van der Waals surface area contributed by atoms with Gasteiger partial charge in [0.2, 0.25) is 5.88 Å². The zero-order chi connectivity index (χ0) is 16.5. The highest BCUT2D eigenvalue weighted by Crippen LogP contribution is 2.12. The third kappa shape index (κ3) is 5.87. The monoisotopic (exact) mass is 329 g/mol. The fraction of sp³-hybridized carbons (Fsp3) is 0.333. The van der Waals surface area contributed by atoms with Crippen LogP contribution in [-0.4, -0.2) is 23.8 Å². The first-order valence-corrected chi connectivity index (χ1v) is 8.21. The second kappa shape index (κ2) is 9.10. The van der Waals surface area contributed by atoms with Crippen LogP contribution in [0.2, 0.25) is 0 Å². The van der Waals surface area contributed by atoms with Crippen LogP contribution in [-0.2, 0) is 6.42 Å². The molecule has 2 rings (SSSR count). The van der Waals surface area contributed by atoms with Crippen LogP contribution in [0.5, 0.6) is 5.88 Å². The number of nitrogens with one attached hydrogen (secondary N) is 2. The zero-order valence-corrected chi connectivity index (χ0v) is 14.4. The van der Waals surface area contributed by atoms with Gasteiger partial charge in [-0.25, -0.2) is 4.98 Å². The molecule has 2 N–H and O–H groups in total. The summed E-state index contributed by atoms with van der Waals surface area (Å²) >= 11 is 5.35. The van der Waals surface area contributed by atoms with E-state index in [0.717, 1.165) is 25.1 Å². The predicted molar refractivity (Wildman–Crippen MR) is 98.9 cm³/mol. The van der Waals surface area contributed by atoms with Gasteiger partial charge in [-0.2, -0.15) is 0 Å². The van der Waals surface area contributed by atoms with Crippen LogP contribution in [0.1, 0.15) is 18.9 Å². The summed E-state index contributed by atoms with van der Waals surface area (Å²) in [4.78, 5) is 4.15. The molecular formula is C18H23N3OS. The smallest absolute Gasteiger partial charge is 0.213 e. The lowest BCUT2D eigenvalue weighted by Gasteiger charge is -2.17. The van der Waals surface area contributed by atoms with Crippen molar-refractivity contribution in [2.45, 2.75) is 19.8 Å². The van der Waals surface area contributed by atoms with E-state index in [2.05, 4.69) is 46.8 Å². The highest BCUT2D eigenvalue weighted by molar-refractivity contribution is 7.80. The highest BCUT2D eigenvalue weighted by Gasteiger charge is 2.08. The van der Waals surface area contributed by atoms with E-state index in [9.17, 15) is 0 Å². The Morgan fingerprint density at radius 1 is 1.22 bits per heavy atom. The number of benzene rings is 1. The van der Waals surface area contributed by atoms with Crippen molar-refractivity contribution in [3.05, 3.63) is 54.2 Å². The number of rotatable bonds is 7. The van der Waals surface area contributed by atoms with Gasteiger partial charge in [-0.15, -0.1) is 0 Å². The molecule has 0 aliphatic carbocycles. The normalized spacial score (nSPS) is 11.6. The van der Waals surface area contributed by atoms with E-state index in [1.54, 1.807) is 19.4 Å². The molecule has 0 radical (unpaired) electrons. The summed E-state index contributed by atoms with van der Waals surface area (Å²) in [5, 5.41) is 7.05. The van der Waals surface area contributed by atoms with Crippen molar-refractivity contribution in [1.82, 2.24) is 10.3 Å². The molecule has 0 aliphatic rings. The van der Waals surface area contributed by atoms with Gasteiger partial charge in [0, 0.05) is 12.6 Å². The van der Waals surface area contributed by atoms with E-state index in [0.29, 0.717) is 16.9 Å². The van der Waals surface area contributed by atoms with Crippen LogP contribution in [0.4, 0.5) is 5.69 Å². The van der Waals surface area contributed by atoms with Gasteiger partial charge in [-0.3, -0.25) is 0 Å². The van der Waals surface area contributed by atoms with Gasteiger partial charge in [-0.05, 0) is 36.2 Å². The van der Waals surface area contributed by atoms with Crippen LogP contribution in [0.3, 0.4) is 0 Å². The Balaban J connectivity index is 1.79. The molecule has 1 heterocycles. The van der Waals surface area contributed by atoms with Crippen molar-refractivity contribution in [1.29, 1.82) is 0 Å². The van der Waals surface area contributed by atoms with E-state index in [-0.39, 0.29) is 0 Å². The average Bonchev–Trinajstić information content (AvgIpc) is 2.60. The quantitative estimate of drug-likeness (QED) is 0.759. The second-order valence-electron chi connectivity index (χ2n) is 5.39. The van der Waals surface area contributed by atoms with Gasteiger partial charge in [0.1, 0.15) is 0 Å². The van der Waals surface area contributed by atoms with Crippen molar-refractivity contribution in [2.24, 2.45) is 5.92 Å². The third-order valence-corrected chi connectivity index (χ3v) is 3.95. The van der Waals surface area contributed by atoms with Gasteiger partial charge in [0.15, 0.2) is 5.11 Å². The summed E-state index contributed by atoms with van der Waals surface area (Å²) in [5.74, 6) is 1.13. The van der Waals surface area contributed by atoms with Gasteiger partial charge < -0.3 is 15.4 Å². The van der Waals surface area contributed by atoms with E-state index in [1.165, 1.54) is 5.56 Å². The zero-order valence-electron chi connectivity index (χ0n) is 13.6. The molecule has 2 aromatic rings. The maximum Gasteiger partial charge on any atom is 0.213 e. The summed E-state index contributed by atoms with van der Waals surface area (Å²) in [7, 11) is 1.60. The molecule has 0 amide bonds. The molecule has 0 aliphatic heterocycles. The van der Waals surface area contributed by atoms with Crippen molar-refractivity contribution in [3.8, 4) is 5.88 Å². The van der Waals surface area contributed by atoms with Crippen molar-refractivity contribution < 1.29 is 4.74 Å². The minimum absolute atomic E-state index is 0.547. The number of methoxy groups -OCH3 is 1. The lowest BCUT2D eigenvalue weighted by molar-refractivity contribution is 0.398. The Morgan fingerprint density at radius 2 is 2.00 bits per heavy atom. The van der Waals surface area contributed by atoms with Gasteiger partial charge in [0.25, 0.3) is 0 Å². The highest BCUT2D eigenvalue weighted by atomic mass is 32.1. The molecule has 23 heavy (non-hydrogen) atoms. The van der Waals surface area contributed by atoms with Crippen LogP contribution >= 0.6 is 12.2 Å². The lowest BCUT2D eigenvalue weighted by Crippen LogP contribution is -2.33. The van der Waals surface area contributed by atoms with Gasteiger partial charge in [0.05, 0.1) is 19.0 Å². The van der Waals surface area contributed by atoms with Gasteiger partial charge in [-0.1, -0.05) is 43.7 Å². The van der Waals surface area contributed by atoms with Crippen molar-refractivity contribution in [3.63, 3.8) is 0 Å². The summed E-state index contributed by atoms with van der Waals surface area (Å²) < 4.78 is 5.04. The first kappa shape index (κ1) is 17.2. The molecule has 0 saturated carbocycles. The second-order valence-corrected chi connectivity index (χ2v) is 5.80. The first-order valence-electron chi connectivity index (χ1n) is 7.80. The largest absolute Gasteiger partial charge is 0.481 e. The molecule has 1 aromatic heterocycles. The molecule has 4 nitrogen and oxygen atoms in total. The Bertz CT molecular complexity index is 601. The topological polar surface area (TPSA) is 46.2 Å².